The number of nitrogens with two attached hydrogens (primary N) is 1. The maximum atomic E-state index is 12.9. The minimum Gasteiger partial charge on any atom is -0.388 e. The Morgan fingerprint density at radius 2 is 2.19 bits per heavy atom. The Hall–Kier alpha value is -2.18. The van der Waals surface area contributed by atoms with E-state index in [4.69, 9.17) is 10.5 Å². The summed E-state index contributed by atoms with van der Waals surface area (Å²) in [7, 11) is 0. The zero-order chi connectivity index (χ0) is 19.9. The highest BCUT2D eigenvalue weighted by molar-refractivity contribution is 5.71. The van der Waals surface area contributed by atoms with Crippen LogP contribution in [0.25, 0.3) is 11.2 Å². The van der Waals surface area contributed by atoms with E-state index in [1.54, 1.807) is 0 Å². The van der Waals surface area contributed by atoms with Crippen LogP contribution in [0.3, 0.4) is 0 Å². The minimum absolute atomic E-state index is 0.0507. The molecule has 1 fully saturated rings. The Balaban J connectivity index is 2.05. The monoisotopic (exact) mass is 391 g/mol. The predicted octanol–water partition coefficient (Wildman–Crippen LogP) is 0.547. The van der Waals surface area contributed by atoms with Crippen LogP contribution in [-0.4, -0.2) is 53.8 Å². The first-order chi connectivity index (χ1) is 12.6. The van der Waals surface area contributed by atoms with Crippen LogP contribution in [-0.2, 0) is 11.3 Å². The Kier molecular flexibility index (Phi) is 5.14. The van der Waals surface area contributed by atoms with Crippen molar-refractivity contribution in [2.75, 3.05) is 5.73 Å². The van der Waals surface area contributed by atoms with Gasteiger partial charge >= 0.3 is 11.9 Å². The number of nitrogen functional groups attached to an aromatic ring is 1. The molecule has 0 bridgehead atoms. The van der Waals surface area contributed by atoms with Gasteiger partial charge in [-0.2, -0.15) is 18.2 Å². The van der Waals surface area contributed by atoms with Crippen LogP contribution in [0.5, 0.6) is 0 Å². The molecular formula is C15H20F3N5O4. The van der Waals surface area contributed by atoms with Crippen LogP contribution < -0.4 is 11.4 Å². The van der Waals surface area contributed by atoms with Crippen molar-refractivity contribution in [2.24, 2.45) is 0 Å². The van der Waals surface area contributed by atoms with Gasteiger partial charge in [-0.3, -0.25) is 4.57 Å². The molecule has 27 heavy (non-hydrogen) atoms. The fourth-order valence-electron chi connectivity index (χ4n) is 3.16. The van der Waals surface area contributed by atoms with Crippen molar-refractivity contribution in [1.82, 2.24) is 19.1 Å². The molecule has 0 aliphatic carbocycles. The first-order valence-electron chi connectivity index (χ1n) is 8.46. The van der Waals surface area contributed by atoms with E-state index in [2.05, 4.69) is 9.97 Å². The number of nitrogens with zero attached hydrogens (tertiary/aromatic N) is 4. The van der Waals surface area contributed by atoms with E-state index in [1.165, 1.54) is 10.8 Å². The SMILES string of the molecule is CCCCn1c(=O)n([C@@H]2O[C@H]([C@@H](O)C(F)(F)F)C[C@H]2O)c2nc(N)ncc21. The van der Waals surface area contributed by atoms with Crippen molar-refractivity contribution in [2.45, 2.75) is 63.4 Å². The van der Waals surface area contributed by atoms with E-state index in [0.29, 0.717) is 18.5 Å². The van der Waals surface area contributed by atoms with Gasteiger partial charge in [-0.05, 0) is 6.42 Å². The summed E-state index contributed by atoms with van der Waals surface area (Å²) >= 11 is 0. The molecule has 4 N–H and O–H groups in total. The molecule has 0 aromatic carbocycles. The fraction of sp³-hybridized carbons (Fsp3) is 0.667. The lowest BCUT2D eigenvalue weighted by Gasteiger charge is -2.21. The molecule has 2 aromatic rings. The summed E-state index contributed by atoms with van der Waals surface area (Å²) < 4.78 is 45.8. The van der Waals surface area contributed by atoms with Gasteiger partial charge in [-0.15, -0.1) is 0 Å². The van der Waals surface area contributed by atoms with Gasteiger partial charge in [-0.25, -0.2) is 14.3 Å². The summed E-state index contributed by atoms with van der Waals surface area (Å²) in [4.78, 5) is 20.7. The second-order valence-corrected chi connectivity index (χ2v) is 6.45. The average Bonchev–Trinajstić information content (AvgIpc) is 3.08. The number of aromatic nitrogens is 4. The Labute approximate surface area is 151 Å². The van der Waals surface area contributed by atoms with Crippen LogP contribution in [0.15, 0.2) is 11.0 Å². The number of rotatable bonds is 5. The van der Waals surface area contributed by atoms with Crippen LogP contribution in [0.4, 0.5) is 19.1 Å². The number of halogens is 3. The van der Waals surface area contributed by atoms with E-state index in [-0.39, 0.29) is 11.6 Å². The molecule has 0 saturated carbocycles. The van der Waals surface area contributed by atoms with Gasteiger partial charge in [0.05, 0.1) is 12.3 Å². The second kappa shape index (κ2) is 7.09. The standard InChI is InChI=1S/C15H20F3N5O4/c1-2-3-4-22-7-6-20-13(19)21-11(7)23(14(22)26)12-8(24)5-9(27-12)10(25)15(16,17)18/h6,8-10,12,24-25H,2-5H2,1H3,(H2,19,20,21)/t8-,9+,10-,12-/m1/s1. The molecule has 4 atom stereocenters. The number of imidazole rings is 1. The maximum absolute atomic E-state index is 12.9. The summed E-state index contributed by atoms with van der Waals surface area (Å²) in [6, 6.07) is 0. The largest absolute Gasteiger partial charge is 0.416 e. The summed E-state index contributed by atoms with van der Waals surface area (Å²) in [5, 5.41) is 19.6. The third kappa shape index (κ3) is 3.51. The average molecular weight is 391 g/mol. The zero-order valence-electron chi connectivity index (χ0n) is 14.4. The molecule has 150 valence electrons. The molecule has 0 unspecified atom stereocenters. The normalized spacial score (nSPS) is 24.6. The number of hydrogen-bond donors (Lipinski definition) is 3. The van der Waals surface area contributed by atoms with Crippen molar-refractivity contribution in [3.8, 4) is 0 Å². The van der Waals surface area contributed by atoms with Gasteiger partial charge in [0.15, 0.2) is 18.0 Å². The van der Waals surface area contributed by atoms with Crippen molar-refractivity contribution in [1.29, 1.82) is 0 Å². The fourth-order valence-corrected chi connectivity index (χ4v) is 3.16. The van der Waals surface area contributed by atoms with E-state index in [0.717, 1.165) is 11.0 Å². The predicted molar refractivity (Wildman–Crippen MR) is 87.7 cm³/mol. The quantitative estimate of drug-likeness (QED) is 0.679. The molecular weight excluding hydrogens is 371 g/mol. The molecule has 3 rings (SSSR count). The van der Waals surface area contributed by atoms with E-state index >= 15 is 0 Å². The van der Waals surface area contributed by atoms with Gasteiger partial charge < -0.3 is 20.7 Å². The molecule has 9 nitrogen and oxygen atoms in total. The van der Waals surface area contributed by atoms with Crippen molar-refractivity contribution in [3.63, 3.8) is 0 Å². The minimum atomic E-state index is -4.91. The summed E-state index contributed by atoms with van der Waals surface area (Å²) in [5.74, 6) is -0.136. The zero-order valence-corrected chi connectivity index (χ0v) is 14.4. The first kappa shape index (κ1) is 19.6. The number of hydrogen-bond acceptors (Lipinski definition) is 7. The number of aliphatic hydroxyl groups excluding tert-OH is 2. The highest BCUT2D eigenvalue weighted by Gasteiger charge is 2.50. The van der Waals surface area contributed by atoms with E-state index < -0.39 is 42.8 Å². The third-order valence-corrected chi connectivity index (χ3v) is 4.52. The molecule has 3 heterocycles. The number of aryl methyl sites for hydroxylation is 1. The van der Waals surface area contributed by atoms with Gasteiger partial charge in [0.1, 0.15) is 11.6 Å². The molecule has 0 radical (unpaired) electrons. The van der Waals surface area contributed by atoms with E-state index in [1.807, 2.05) is 6.92 Å². The molecule has 2 aromatic heterocycles. The van der Waals surface area contributed by atoms with Crippen molar-refractivity contribution < 1.29 is 28.1 Å². The van der Waals surface area contributed by atoms with E-state index in [9.17, 15) is 28.2 Å². The lowest BCUT2D eigenvalue weighted by atomic mass is 10.1. The Bertz CT molecular complexity index is 881. The summed E-state index contributed by atoms with van der Waals surface area (Å²) in [5.41, 5.74) is 5.35. The molecule has 0 amide bonds. The Morgan fingerprint density at radius 1 is 1.48 bits per heavy atom. The Morgan fingerprint density at radius 3 is 2.81 bits per heavy atom. The van der Waals surface area contributed by atoms with Gasteiger partial charge in [-0.1, -0.05) is 13.3 Å². The number of alkyl halides is 3. The number of anilines is 1. The highest BCUT2D eigenvalue weighted by Crippen LogP contribution is 2.36. The van der Waals surface area contributed by atoms with Gasteiger partial charge in [0.2, 0.25) is 5.95 Å². The lowest BCUT2D eigenvalue weighted by molar-refractivity contribution is -0.237. The van der Waals surface area contributed by atoms with Crippen molar-refractivity contribution in [3.05, 3.63) is 16.7 Å². The van der Waals surface area contributed by atoms with Crippen LogP contribution in [0.1, 0.15) is 32.4 Å². The number of aliphatic hydroxyl groups is 2. The van der Waals surface area contributed by atoms with Crippen LogP contribution in [0, 0.1) is 0 Å². The first-order valence-corrected chi connectivity index (χ1v) is 8.46. The number of fused-ring (bicyclic) bond motifs is 1. The number of unbranched alkanes of at least 4 members (excludes halogenated alkanes) is 1. The molecule has 0 spiro atoms. The molecule has 1 aliphatic heterocycles. The molecule has 1 aliphatic rings. The van der Waals surface area contributed by atoms with Crippen molar-refractivity contribution >= 4 is 17.1 Å². The highest BCUT2D eigenvalue weighted by atomic mass is 19.4. The maximum Gasteiger partial charge on any atom is 0.416 e. The van der Waals surface area contributed by atoms with Gasteiger partial charge in [0.25, 0.3) is 0 Å². The lowest BCUT2D eigenvalue weighted by Crippen LogP contribution is -2.39. The smallest absolute Gasteiger partial charge is 0.388 e. The van der Waals surface area contributed by atoms with Gasteiger partial charge in [0, 0.05) is 13.0 Å². The van der Waals surface area contributed by atoms with Crippen LogP contribution >= 0.6 is 0 Å². The second-order valence-electron chi connectivity index (χ2n) is 6.45. The van der Waals surface area contributed by atoms with Crippen LogP contribution in [0.2, 0.25) is 0 Å². The number of ether oxygens (including phenoxy) is 1. The summed E-state index contributed by atoms with van der Waals surface area (Å²) in [6.45, 7) is 2.27. The topological polar surface area (TPSA) is 128 Å². The molecule has 12 heteroatoms. The summed E-state index contributed by atoms with van der Waals surface area (Å²) in [6.07, 6.45) is -9.93. The molecule has 1 saturated heterocycles. The third-order valence-electron chi connectivity index (χ3n) is 4.52.